The first-order valence-corrected chi connectivity index (χ1v) is 12.9. The molecule has 0 saturated heterocycles. The Balaban J connectivity index is 1.47. The highest BCUT2D eigenvalue weighted by atomic mass is 19.4. The Morgan fingerprint density at radius 3 is 2.17 bits per heavy atom. The molecule has 0 radical (unpaired) electrons. The van der Waals surface area contributed by atoms with E-state index >= 15 is 0 Å². The smallest absolute Gasteiger partial charge is 0.322 e. The van der Waals surface area contributed by atoms with Gasteiger partial charge >= 0.3 is 6.18 Å². The van der Waals surface area contributed by atoms with Crippen LogP contribution in [0.15, 0.2) is 97.1 Å². The summed E-state index contributed by atoms with van der Waals surface area (Å²) in [7, 11) is 0. The lowest BCUT2D eigenvalue weighted by Gasteiger charge is -2.23. The lowest BCUT2D eigenvalue weighted by atomic mass is 10.0. The summed E-state index contributed by atoms with van der Waals surface area (Å²) >= 11 is 0. The van der Waals surface area contributed by atoms with Gasteiger partial charge in [0.25, 0.3) is 5.91 Å². The molecule has 0 unspecified atom stereocenters. The minimum atomic E-state index is -4.47. The monoisotopic (exact) mass is 548 g/mol. The molecule has 1 N–H and O–H groups in total. The van der Waals surface area contributed by atoms with Gasteiger partial charge in [-0.15, -0.1) is 0 Å². The number of unbranched alkanes of at least 4 members (excludes halogenated alkanes) is 1. The molecule has 0 aliphatic heterocycles. The Morgan fingerprint density at radius 1 is 0.825 bits per heavy atom. The number of halogens is 4. The van der Waals surface area contributed by atoms with Gasteiger partial charge in [-0.3, -0.25) is 9.59 Å². The molecule has 0 heterocycles. The number of anilines is 2. The molecule has 8 heteroatoms. The van der Waals surface area contributed by atoms with E-state index in [1.165, 1.54) is 12.1 Å². The maximum atomic E-state index is 13.9. The van der Waals surface area contributed by atoms with E-state index in [0.717, 1.165) is 53.8 Å². The maximum Gasteiger partial charge on any atom is 0.416 e. The van der Waals surface area contributed by atoms with Crippen LogP contribution in [-0.2, 0) is 17.5 Å². The van der Waals surface area contributed by atoms with Crippen molar-refractivity contribution >= 4 is 23.2 Å². The maximum absolute atomic E-state index is 13.9. The van der Waals surface area contributed by atoms with E-state index < -0.39 is 23.5 Å². The van der Waals surface area contributed by atoms with Crippen molar-refractivity contribution in [1.29, 1.82) is 0 Å². The van der Waals surface area contributed by atoms with Gasteiger partial charge < -0.3 is 10.2 Å². The Labute approximate surface area is 230 Å². The molecule has 4 nitrogen and oxygen atoms in total. The number of carbonyl (C=O) groups excluding carboxylic acids is 2. The molecule has 0 saturated carbocycles. The largest absolute Gasteiger partial charge is 0.416 e. The zero-order chi connectivity index (χ0) is 28.7. The minimum Gasteiger partial charge on any atom is -0.322 e. The van der Waals surface area contributed by atoms with Crippen LogP contribution in [0.4, 0.5) is 28.9 Å². The first-order chi connectivity index (χ1) is 19.1. The second-order valence-electron chi connectivity index (χ2n) is 9.37. The van der Waals surface area contributed by atoms with E-state index in [9.17, 15) is 27.2 Å². The van der Waals surface area contributed by atoms with Crippen LogP contribution in [0.5, 0.6) is 0 Å². The van der Waals surface area contributed by atoms with Crippen molar-refractivity contribution in [2.24, 2.45) is 0 Å². The number of hydrogen-bond acceptors (Lipinski definition) is 2. The summed E-state index contributed by atoms with van der Waals surface area (Å²) < 4.78 is 52.3. The van der Waals surface area contributed by atoms with Crippen molar-refractivity contribution in [1.82, 2.24) is 0 Å². The van der Waals surface area contributed by atoms with E-state index in [0.29, 0.717) is 17.8 Å². The molecule has 0 atom stereocenters. The number of carbonyl (C=O) groups is 2. The third-order valence-corrected chi connectivity index (χ3v) is 6.39. The number of nitrogens with zero attached hydrogens (tertiary/aromatic N) is 1. The molecule has 0 bridgehead atoms. The lowest BCUT2D eigenvalue weighted by molar-refractivity contribution is -0.137. The minimum absolute atomic E-state index is 0.0759. The molecule has 206 valence electrons. The van der Waals surface area contributed by atoms with Gasteiger partial charge in [0.1, 0.15) is 5.82 Å². The summed E-state index contributed by atoms with van der Waals surface area (Å²) in [6.45, 7) is 2.29. The van der Waals surface area contributed by atoms with Gasteiger partial charge in [0.05, 0.1) is 12.1 Å². The van der Waals surface area contributed by atoms with E-state index in [1.54, 1.807) is 35.2 Å². The summed E-state index contributed by atoms with van der Waals surface area (Å²) in [4.78, 5) is 27.1. The van der Waals surface area contributed by atoms with E-state index in [-0.39, 0.29) is 18.0 Å². The third kappa shape index (κ3) is 7.34. The van der Waals surface area contributed by atoms with E-state index in [4.69, 9.17) is 0 Å². The zero-order valence-electron chi connectivity index (χ0n) is 21.8. The number of alkyl halides is 3. The Kier molecular flexibility index (Phi) is 8.99. The Bertz CT molecular complexity index is 1470. The molecule has 0 fully saturated rings. The number of amides is 2. The highest BCUT2D eigenvalue weighted by molar-refractivity contribution is 6.04. The second kappa shape index (κ2) is 12.6. The fourth-order valence-electron chi connectivity index (χ4n) is 4.21. The highest BCUT2D eigenvalue weighted by Gasteiger charge is 2.30. The number of benzene rings is 4. The van der Waals surface area contributed by atoms with Crippen LogP contribution in [0.3, 0.4) is 0 Å². The Morgan fingerprint density at radius 2 is 1.52 bits per heavy atom. The summed E-state index contributed by atoms with van der Waals surface area (Å²) in [5.41, 5.74) is 2.83. The average Bonchev–Trinajstić information content (AvgIpc) is 2.94. The van der Waals surface area contributed by atoms with Gasteiger partial charge in [0, 0.05) is 23.4 Å². The predicted octanol–water partition coefficient (Wildman–Crippen LogP) is 8.49. The molecule has 2 amide bonds. The highest BCUT2D eigenvalue weighted by Crippen LogP contribution is 2.29. The first kappa shape index (κ1) is 28.5. The van der Waals surface area contributed by atoms with Crippen LogP contribution < -0.4 is 10.2 Å². The van der Waals surface area contributed by atoms with Crippen molar-refractivity contribution in [3.05, 3.63) is 120 Å². The fraction of sp³-hybridized carbons (Fsp3) is 0.188. The SMILES string of the molecule is CCCCC(=O)N(Cc1ccc(-c2cccc(NC(=O)c3ccc(C(F)(F)F)cc3)c2)cc1)c1cccc(F)c1. The van der Waals surface area contributed by atoms with Crippen LogP contribution in [0.2, 0.25) is 0 Å². The van der Waals surface area contributed by atoms with Crippen molar-refractivity contribution in [3.8, 4) is 11.1 Å². The fourth-order valence-corrected chi connectivity index (χ4v) is 4.21. The number of nitrogens with one attached hydrogen (secondary N) is 1. The van der Waals surface area contributed by atoms with Crippen molar-refractivity contribution in [3.63, 3.8) is 0 Å². The standard InChI is InChI=1S/C32H28F4N2O2/c1-2-3-10-30(39)38(29-9-5-7-27(33)20-29)21-22-11-13-23(14-12-22)25-6-4-8-28(19-25)37-31(40)24-15-17-26(18-16-24)32(34,35)36/h4-9,11-20H,2-3,10,21H2,1H3,(H,37,40). The normalized spacial score (nSPS) is 11.2. The molecule has 0 aromatic heterocycles. The van der Waals surface area contributed by atoms with E-state index in [1.807, 2.05) is 37.3 Å². The summed E-state index contributed by atoms with van der Waals surface area (Å²) in [5.74, 6) is -1.01. The first-order valence-electron chi connectivity index (χ1n) is 12.9. The Hall–Kier alpha value is -4.46. The molecule has 40 heavy (non-hydrogen) atoms. The van der Waals surface area contributed by atoms with Crippen molar-refractivity contribution in [2.75, 3.05) is 10.2 Å². The number of rotatable bonds is 9. The molecule has 0 aliphatic rings. The summed E-state index contributed by atoms with van der Waals surface area (Å²) in [6.07, 6.45) is -2.48. The molecule has 4 aromatic rings. The predicted molar refractivity (Wildman–Crippen MR) is 148 cm³/mol. The average molecular weight is 549 g/mol. The molecule has 4 aromatic carbocycles. The van der Waals surface area contributed by atoms with Gasteiger partial charge in [-0.05, 0) is 77.7 Å². The summed E-state index contributed by atoms with van der Waals surface area (Å²) in [5, 5.41) is 2.72. The van der Waals surface area contributed by atoms with Crippen LogP contribution in [0.25, 0.3) is 11.1 Å². The molecular formula is C32H28F4N2O2. The molecule has 0 aliphatic carbocycles. The van der Waals surface area contributed by atoms with Crippen LogP contribution in [0.1, 0.15) is 47.7 Å². The van der Waals surface area contributed by atoms with Crippen LogP contribution in [-0.4, -0.2) is 11.8 Å². The van der Waals surface area contributed by atoms with Gasteiger partial charge in [-0.1, -0.05) is 55.8 Å². The topological polar surface area (TPSA) is 49.4 Å². The quantitative estimate of drug-likeness (QED) is 0.213. The third-order valence-electron chi connectivity index (χ3n) is 6.39. The zero-order valence-corrected chi connectivity index (χ0v) is 21.8. The summed E-state index contributed by atoms with van der Waals surface area (Å²) in [6, 6.07) is 24.7. The van der Waals surface area contributed by atoms with Crippen molar-refractivity contribution < 1.29 is 27.2 Å². The second-order valence-corrected chi connectivity index (χ2v) is 9.37. The van der Waals surface area contributed by atoms with Crippen LogP contribution >= 0.6 is 0 Å². The molecule has 4 rings (SSSR count). The van der Waals surface area contributed by atoms with Crippen LogP contribution in [0, 0.1) is 5.82 Å². The molecular weight excluding hydrogens is 520 g/mol. The molecule has 0 spiro atoms. The van der Waals surface area contributed by atoms with Gasteiger partial charge in [-0.25, -0.2) is 4.39 Å². The van der Waals surface area contributed by atoms with Gasteiger partial charge in [-0.2, -0.15) is 13.2 Å². The van der Waals surface area contributed by atoms with Gasteiger partial charge in [0.2, 0.25) is 5.91 Å². The lowest BCUT2D eigenvalue weighted by Crippen LogP contribution is -2.30. The van der Waals surface area contributed by atoms with Gasteiger partial charge in [0.15, 0.2) is 0 Å². The van der Waals surface area contributed by atoms with E-state index in [2.05, 4.69) is 5.32 Å². The van der Waals surface area contributed by atoms with Crippen molar-refractivity contribution in [2.45, 2.75) is 38.9 Å². The number of hydrogen-bond donors (Lipinski definition) is 1.